The quantitative estimate of drug-likeness (QED) is 0.0607. The molecule has 2 aliphatic heterocycles. The van der Waals surface area contributed by atoms with E-state index in [1.807, 2.05) is 0 Å². The van der Waals surface area contributed by atoms with Gasteiger partial charge in [0.1, 0.15) is 8.07 Å². The van der Waals surface area contributed by atoms with E-state index in [9.17, 15) is 22.0 Å². The first-order valence-corrected chi connectivity index (χ1v) is 24.2. The summed E-state index contributed by atoms with van der Waals surface area (Å²) in [6.45, 7) is 10.4. The molecular formula is C52H29F15N4Si. The molecule has 9 rings (SSSR count). The number of H-pyrrole nitrogens is 2. The maximum Gasteiger partial charge on any atom is 0.200 e. The summed E-state index contributed by atoms with van der Waals surface area (Å²) < 4.78 is 230. The van der Waals surface area contributed by atoms with E-state index in [2.05, 4.69) is 65.3 Å². The fourth-order valence-corrected chi connectivity index (χ4v) is 8.69. The highest BCUT2D eigenvalue weighted by atomic mass is 28.3. The lowest BCUT2D eigenvalue weighted by molar-refractivity contribution is 0.381. The minimum Gasteiger partial charge on any atom is -0.354 e. The summed E-state index contributed by atoms with van der Waals surface area (Å²) in [5, 5.41) is -0.0984. The first-order chi connectivity index (χ1) is 33.8. The van der Waals surface area contributed by atoms with Gasteiger partial charge in [0.2, 0.25) is 17.5 Å². The topological polar surface area (TPSA) is 57.4 Å². The zero-order valence-electron chi connectivity index (χ0n) is 37.5. The standard InChI is InChI=1S/C52H29F15N4Si/c1-52(2,3)72(4,5)17-16-20-6-8-21(9-7-20)23-19-30-33(36-41(57)47(63)51(67)48(64)42(36)58)28-15-14-27(70-28)32(35-39(55)45(61)50(66)46(62)40(35)56)26-13-12-25(69-26)31(24-11-10-22(68-24)18-29(23)71-30)34-37(53)43(59)49(65)44(60)38(34)54/h6-15,18-19,69,71H,1-5H3. The molecule has 2 N–H and O–H groups in total. The Balaban J connectivity index is 1.49. The number of rotatable bonds is 4. The molecule has 0 atom stereocenters. The van der Waals surface area contributed by atoms with Crippen molar-refractivity contribution in [1.82, 2.24) is 19.9 Å². The van der Waals surface area contributed by atoms with Gasteiger partial charge in [-0.25, -0.2) is 75.8 Å². The molecule has 0 spiro atoms. The van der Waals surface area contributed by atoms with Crippen molar-refractivity contribution in [2.75, 3.05) is 0 Å². The molecule has 0 unspecified atom stereocenters. The lowest BCUT2D eigenvalue weighted by atomic mass is 10.00. The minimum absolute atomic E-state index is 0.0522. The molecule has 72 heavy (non-hydrogen) atoms. The van der Waals surface area contributed by atoms with Crippen LogP contribution in [0.25, 0.3) is 90.9 Å². The molecule has 7 aromatic rings. The molecule has 8 bridgehead atoms. The summed E-state index contributed by atoms with van der Waals surface area (Å²) in [5.74, 6) is -33.5. The molecule has 5 heterocycles. The van der Waals surface area contributed by atoms with Crippen molar-refractivity contribution in [2.45, 2.75) is 38.9 Å². The summed E-state index contributed by atoms with van der Waals surface area (Å²) >= 11 is 0. The molecular weight excluding hydrogens is 994 g/mol. The van der Waals surface area contributed by atoms with Gasteiger partial charge in [-0.2, -0.15) is 0 Å². The molecule has 0 saturated heterocycles. The molecule has 4 nitrogen and oxygen atoms in total. The Hall–Kier alpha value is -7.79. The van der Waals surface area contributed by atoms with Crippen molar-refractivity contribution in [3.05, 3.63) is 164 Å². The van der Waals surface area contributed by atoms with Gasteiger partial charge in [-0.3, -0.25) is 0 Å². The second kappa shape index (κ2) is 17.5. The first kappa shape index (κ1) is 49.2. The van der Waals surface area contributed by atoms with Gasteiger partial charge in [0.15, 0.2) is 69.8 Å². The van der Waals surface area contributed by atoms with Crippen molar-refractivity contribution in [2.24, 2.45) is 0 Å². The molecule has 20 heteroatoms. The van der Waals surface area contributed by atoms with Crippen molar-refractivity contribution in [3.8, 4) is 56.0 Å². The predicted molar refractivity (Wildman–Crippen MR) is 244 cm³/mol. The molecule has 0 saturated carbocycles. The molecule has 3 aromatic heterocycles. The summed E-state index contributed by atoms with van der Waals surface area (Å²) in [5.41, 5.74) is -7.50. The number of nitrogens with one attached hydrogen (secondary N) is 2. The third kappa shape index (κ3) is 7.86. The predicted octanol–water partition coefficient (Wildman–Crippen LogP) is 15.8. The van der Waals surface area contributed by atoms with Crippen molar-refractivity contribution >= 4 is 54.4 Å². The number of hydrogen-bond acceptors (Lipinski definition) is 2. The van der Waals surface area contributed by atoms with Crippen LogP contribution in [0, 0.1) is 98.7 Å². The Morgan fingerprint density at radius 1 is 0.403 bits per heavy atom. The van der Waals surface area contributed by atoms with Gasteiger partial charge in [0.05, 0.1) is 39.5 Å². The van der Waals surface area contributed by atoms with Crippen LogP contribution in [0.4, 0.5) is 65.9 Å². The van der Waals surface area contributed by atoms with Crippen molar-refractivity contribution < 1.29 is 65.9 Å². The Bertz CT molecular complexity index is 3750. The average Bonchev–Trinajstić information content (AvgIpc) is 4.20. The van der Waals surface area contributed by atoms with Crippen LogP contribution in [-0.2, 0) is 0 Å². The van der Waals surface area contributed by atoms with E-state index in [1.54, 1.807) is 24.3 Å². The van der Waals surface area contributed by atoms with Gasteiger partial charge in [-0.15, -0.1) is 5.54 Å². The lowest BCUT2D eigenvalue weighted by Crippen LogP contribution is -2.35. The van der Waals surface area contributed by atoms with Crippen LogP contribution >= 0.6 is 0 Å². The Morgan fingerprint density at radius 2 is 0.764 bits per heavy atom. The number of benzene rings is 4. The maximum atomic E-state index is 16.1. The number of aromatic amines is 2. The van der Waals surface area contributed by atoms with Gasteiger partial charge < -0.3 is 9.97 Å². The summed E-state index contributed by atoms with van der Waals surface area (Å²) in [7, 11) is -2.12. The normalized spacial score (nSPS) is 12.5. The SMILES string of the molecule is CC(C)(C)[Si](C)(C)C#Cc1ccc(-c2cc3[nH]c2cc2nc(c(-c4c(F)c(F)c(F)c(F)c4F)c4ccc([nH]4)c(-c4c(F)c(F)c(F)c(F)c4F)c4nc(c3-c3c(F)c(F)c(F)c(F)c3F)C=C4)C=C2)cc1. The second-order valence-corrected chi connectivity index (χ2v) is 23.1. The summed E-state index contributed by atoms with van der Waals surface area (Å²) in [6.07, 6.45) is 3.92. The number of fused-ring (bicyclic) bond motifs is 8. The van der Waals surface area contributed by atoms with Crippen molar-refractivity contribution in [1.29, 1.82) is 0 Å². The molecule has 2 aliphatic rings. The highest BCUT2D eigenvalue weighted by Crippen LogP contribution is 2.44. The van der Waals surface area contributed by atoms with Gasteiger partial charge in [-0.05, 0) is 71.3 Å². The van der Waals surface area contributed by atoms with Crippen LogP contribution in [0.15, 0.2) is 48.5 Å². The molecule has 0 amide bonds. The monoisotopic (exact) mass is 1020 g/mol. The highest BCUT2D eigenvalue weighted by Gasteiger charge is 2.35. The molecule has 0 fully saturated rings. The molecule has 0 aliphatic carbocycles. The van der Waals surface area contributed by atoms with Gasteiger partial charge in [0, 0.05) is 49.9 Å². The largest absolute Gasteiger partial charge is 0.354 e. The average molecular weight is 1020 g/mol. The van der Waals surface area contributed by atoms with Crippen LogP contribution in [0.2, 0.25) is 18.1 Å². The fourth-order valence-electron chi connectivity index (χ4n) is 7.86. The highest BCUT2D eigenvalue weighted by molar-refractivity contribution is 6.87. The third-order valence-corrected chi connectivity index (χ3v) is 17.2. The zero-order valence-corrected chi connectivity index (χ0v) is 38.5. The number of hydrogen-bond donors (Lipinski definition) is 2. The summed E-state index contributed by atoms with van der Waals surface area (Å²) in [4.78, 5) is 13.9. The second-order valence-electron chi connectivity index (χ2n) is 18.1. The number of nitrogens with zero attached hydrogens (tertiary/aromatic N) is 2. The van der Waals surface area contributed by atoms with Gasteiger partial charge >= 0.3 is 0 Å². The lowest BCUT2D eigenvalue weighted by Gasteiger charge is -2.31. The fraction of sp³-hybridized carbons (Fsp3) is 0.115. The smallest absolute Gasteiger partial charge is 0.200 e. The van der Waals surface area contributed by atoms with E-state index in [0.717, 1.165) is 30.4 Å². The van der Waals surface area contributed by atoms with Crippen LogP contribution in [-0.4, -0.2) is 28.0 Å². The maximum absolute atomic E-state index is 16.1. The van der Waals surface area contributed by atoms with E-state index in [-0.39, 0.29) is 21.8 Å². The minimum atomic E-state index is -2.61. The molecule has 366 valence electrons. The number of halogens is 15. The first-order valence-electron chi connectivity index (χ1n) is 21.2. The Morgan fingerprint density at radius 3 is 1.18 bits per heavy atom. The van der Waals surface area contributed by atoms with Crippen molar-refractivity contribution in [3.63, 3.8) is 0 Å². The van der Waals surface area contributed by atoms with Crippen LogP contribution in [0.5, 0.6) is 0 Å². The Kier molecular flexibility index (Phi) is 12.0. The third-order valence-electron chi connectivity index (χ3n) is 12.7. The van der Waals surface area contributed by atoms with E-state index < -0.39 is 162 Å². The van der Waals surface area contributed by atoms with Gasteiger partial charge in [0.25, 0.3) is 0 Å². The molecule has 4 aromatic carbocycles. The van der Waals surface area contributed by atoms with E-state index in [0.29, 0.717) is 11.1 Å². The van der Waals surface area contributed by atoms with E-state index in [1.165, 1.54) is 18.2 Å². The van der Waals surface area contributed by atoms with Crippen LogP contribution in [0.3, 0.4) is 0 Å². The van der Waals surface area contributed by atoms with E-state index >= 15 is 43.9 Å². The number of aromatic nitrogens is 4. The van der Waals surface area contributed by atoms with Crippen LogP contribution in [0.1, 0.15) is 49.1 Å². The van der Waals surface area contributed by atoms with Gasteiger partial charge in [-0.1, -0.05) is 51.9 Å². The molecule has 0 radical (unpaired) electrons. The van der Waals surface area contributed by atoms with Crippen LogP contribution < -0.4 is 0 Å². The zero-order chi connectivity index (χ0) is 52.2. The van der Waals surface area contributed by atoms with E-state index in [4.69, 9.17) is 0 Å². The summed E-state index contributed by atoms with van der Waals surface area (Å²) in [6, 6.07) is 10.6. The Labute approximate surface area is 398 Å².